The lowest BCUT2D eigenvalue weighted by molar-refractivity contribution is -0.0529. The molecular weight excluding hydrogens is 244 g/mol. The molecule has 1 heterocycles. The van der Waals surface area contributed by atoms with Gasteiger partial charge in [-0.05, 0) is 56.9 Å². The largest absolute Gasteiger partial charge is 0.329 e. The van der Waals surface area contributed by atoms with Crippen LogP contribution in [0.2, 0.25) is 0 Å². The van der Waals surface area contributed by atoms with Crippen molar-refractivity contribution in [1.29, 1.82) is 0 Å². The van der Waals surface area contributed by atoms with Crippen molar-refractivity contribution in [2.24, 2.45) is 17.6 Å². The molecule has 0 aromatic heterocycles. The fraction of sp³-hybridized carbons (Fsp3) is 1.00. The molecule has 2 unspecified atom stereocenters. The number of fused-ring (bicyclic) bond motifs is 1. The van der Waals surface area contributed by atoms with Gasteiger partial charge in [-0.2, -0.15) is 0 Å². The van der Waals surface area contributed by atoms with Crippen LogP contribution >= 0.6 is 0 Å². The molecule has 0 spiro atoms. The number of rotatable bonds is 3. The minimum Gasteiger partial charge on any atom is -0.329 e. The van der Waals surface area contributed by atoms with Gasteiger partial charge in [0.15, 0.2) is 0 Å². The molecule has 1 saturated heterocycles. The van der Waals surface area contributed by atoms with Gasteiger partial charge in [0.05, 0.1) is 0 Å². The van der Waals surface area contributed by atoms with Crippen LogP contribution in [-0.2, 0) is 0 Å². The maximum absolute atomic E-state index is 6.37. The van der Waals surface area contributed by atoms with Crippen LogP contribution in [0.4, 0.5) is 0 Å². The second-order valence-corrected chi connectivity index (χ2v) is 7.75. The molecule has 2 heteroatoms. The highest BCUT2D eigenvalue weighted by Gasteiger charge is 2.46. The lowest BCUT2D eigenvalue weighted by Crippen LogP contribution is -2.63. The maximum Gasteiger partial charge on any atom is 0.0337 e. The number of likely N-dealkylation sites (tertiary alicyclic amines) is 1. The Labute approximate surface area is 125 Å². The van der Waals surface area contributed by atoms with Crippen molar-refractivity contribution < 1.29 is 0 Å². The van der Waals surface area contributed by atoms with E-state index >= 15 is 0 Å². The molecule has 0 amide bonds. The predicted molar refractivity (Wildman–Crippen MR) is 85.7 cm³/mol. The molecular formula is C18H34N2. The van der Waals surface area contributed by atoms with Gasteiger partial charge in [-0.25, -0.2) is 0 Å². The summed E-state index contributed by atoms with van der Waals surface area (Å²) in [6.45, 7) is 4.60. The van der Waals surface area contributed by atoms with Crippen molar-refractivity contribution in [2.75, 3.05) is 13.1 Å². The molecule has 116 valence electrons. The zero-order valence-corrected chi connectivity index (χ0v) is 13.4. The first-order chi connectivity index (χ1) is 9.79. The maximum atomic E-state index is 6.37. The smallest absolute Gasteiger partial charge is 0.0337 e. The van der Waals surface area contributed by atoms with Crippen LogP contribution in [0.1, 0.15) is 77.6 Å². The van der Waals surface area contributed by atoms with Crippen LogP contribution in [0.5, 0.6) is 0 Å². The van der Waals surface area contributed by atoms with Gasteiger partial charge in [-0.3, -0.25) is 4.90 Å². The van der Waals surface area contributed by atoms with Crippen LogP contribution in [0.25, 0.3) is 0 Å². The summed E-state index contributed by atoms with van der Waals surface area (Å²) >= 11 is 0. The van der Waals surface area contributed by atoms with E-state index in [1.807, 2.05) is 0 Å². The van der Waals surface area contributed by atoms with Gasteiger partial charge >= 0.3 is 0 Å². The summed E-state index contributed by atoms with van der Waals surface area (Å²) in [6, 6.07) is 0.872. The van der Waals surface area contributed by atoms with Gasteiger partial charge in [-0.15, -0.1) is 0 Å². The molecule has 0 aromatic rings. The van der Waals surface area contributed by atoms with Crippen molar-refractivity contribution in [3.63, 3.8) is 0 Å². The Morgan fingerprint density at radius 2 is 1.85 bits per heavy atom. The van der Waals surface area contributed by atoms with E-state index in [1.54, 1.807) is 0 Å². The molecule has 3 aliphatic rings. The summed E-state index contributed by atoms with van der Waals surface area (Å²) < 4.78 is 0. The molecule has 0 bridgehead atoms. The van der Waals surface area contributed by atoms with Crippen LogP contribution in [-0.4, -0.2) is 29.6 Å². The summed E-state index contributed by atoms with van der Waals surface area (Å²) in [5, 5.41) is 0. The summed E-state index contributed by atoms with van der Waals surface area (Å²) in [5.41, 5.74) is 6.73. The standard InChI is InChI=1S/C18H34N2/c1-2-15-7-5-11-18(13-15,14-19)20-12-6-9-16-8-3-4-10-17(16)20/h15-17H,2-14,19H2,1H3/t15?,16-,17-,18?/m1/s1. The zero-order valence-electron chi connectivity index (χ0n) is 13.4. The number of piperidine rings is 1. The lowest BCUT2D eigenvalue weighted by atomic mass is 9.69. The van der Waals surface area contributed by atoms with Crippen molar-refractivity contribution in [1.82, 2.24) is 4.90 Å². The highest BCUT2D eigenvalue weighted by molar-refractivity contribution is 5.02. The van der Waals surface area contributed by atoms with Crippen LogP contribution in [0, 0.1) is 11.8 Å². The van der Waals surface area contributed by atoms with Crippen molar-refractivity contribution in [2.45, 2.75) is 89.1 Å². The number of nitrogens with two attached hydrogens (primary N) is 1. The Hall–Kier alpha value is -0.0800. The summed E-state index contributed by atoms with van der Waals surface area (Å²) in [4.78, 5) is 2.93. The normalized spacial score (nSPS) is 43.2. The Bertz CT molecular complexity index is 315. The Morgan fingerprint density at radius 1 is 1.05 bits per heavy atom. The number of nitrogens with zero attached hydrogens (tertiary/aromatic N) is 1. The average Bonchev–Trinajstić information content (AvgIpc) is 2.54. The summed E-state index contributed by atoms with van der Waals surface area (Å²) in [6.07, 6.45) is 15.7. The van der Waals surface area contributed by atoms with Crippen molar-refractivity contribution >= 4 is 0 Å². The molecule has 0 aromatic carbocycles. The molecule has 2 nitrogen and oxygen atoms in total. The minimum atomic E-state index is 0.361. The number of hydrogen-bond donors (Lipinski definition) is 1. The third-order valence-electron chi connectivity index (χ3n) is 6.73. The summed E-state index contributed by atoms with van der Waals surface area (Å²) in [5.74, 6) is 1.92. The minimum absolute atomic E-state index is 0.361. The summed E-state index contributed by atoms with van der Waals surface area (Å²) in [7, 11) is 0. The highest BCUT2D eigenvalue weighted by Crippen LogP contribution is 2.44. The third kappa shape index (κ3) is 2.66. The van der Waals surface area contributed by atoms with Gasteiger partial charge < -0.3 is 5.73 Å². The van der Waals surface area contributed by atoms with E-state index in [4.69, 9.17) is 5.73 Å². The van der Waals surface area contributed by atoms with E-state index in [1.165, 1.54) is 77.2 Å². The molecule has 2 saturated carbocycles. The lowest BCUT2D eigenvalue weighted by Gasteiger charge is -2.56. The second kappa shape index (κ2) is 6.36. The molecule has 2 aliphatic carbocycles. The second-order valence-electron chi connectivity index (χ2n) is 7.75. The molecule has 20 heavy (non-hydrogen) atoms. The Kier molecular flexibility index (Phi) is 4.72. The van der Waals surface area contributed by atoms with E-state index in [2.05, 4.69) is 11.8 Å². The first-order valence-corrected chi connectivity index (χ1v) is 9.26. The van der Waals surface area contributed by atoms with E-state index in [0.29, 0.717) is 5.54 Å². The Balaban J connectivity index is 1.79. The van der Waals surface area contributed by atoms with Gasteiger partial charge in [0.1, 0.15) is 0 Å². The first kappa shape index (κ1) is 14.8. The van der Waals surface area contributed by atoms with E-state index in [9.17, 15) is 0 Å². The highest BCUT2D eigenvalue weighted by atomic mass is 15.2. The monoisotopic (exact) mass is 278 g/mol. The predicted octanol–water partition coefficient (Wildman–Crippen LogP) is 3.94. The van der Waals surface area contributed by atoms with Gasteiger partial charge in [0.2, 0.25) is 0 Å². The van der Waals surface area contributed by atoms with Crippen LogP contribution in [0.3, 0.4) is 0 Å². The third-order valence-corrected chi connectivity index (χ3v) is 6.73. The quantitative estimate of drug-likeness (QED) is 0.847. The van der Waals surface area contributed by atoms with E-state index in [0.717, 1.165) is 24.4 Å². The molecule has 3 fully saturated rings. The molecule has 1 aliphatic heterocycles. The van der Waals surface area contributed by atoms with Crippen LogP contribution < -0.4 is 5.73 Å². The van der Waals surface area contributed by atoms with E-state index in [-0.39, 0.29) is 0 Å². The topological polar surface area (TPSA) is 29.3 Å². The fourth-order valence-electron chi connectivity index (χ4n) is 5.59. The molecule has 3 rings (SSSR count). The van der Waals surface area contributed by atoms with Gasteiger partial charge in [-0.1, -0.05) is 39.0 Å². The molecule has 0 radical (unpaired) electrons. The fourth-order valence-corrected chi connectivity index (χ4v) is 5.59. The van der Waals surface area contributed by atoms with Gasteiger partial charge in [0, 0.05) is 18.1 Å². The number of hydrogen-bond acceptors (Lipinski definition) is 2. The van der Waals surface area contributed by atoms with Gasteiger partial charge in [0.25, 0.3) is 0 Å². The van der Waals surface area contributed by atoms with Crippen LogP contribution in [0.15, 0.2) is 0 Å². The SMILES string of the molecule is CCC1CCCC(CN)(N2CCC[C@H]3CCCC[C@H]32)C1. The van der Waals surface area contributed by atoms with E-state index < -0.39 is 0 Å². The molecule has 4 atom stereocenters. The van der Waals surface area contributed by atoms with Crippen molar-refractivity contribution in [3.8, 4) is 0 Å². The Morgan fingerprint density at radius 3 is 2.65 bits per heavy atom. The zero-order chi connectivity index (χ0) is 14.0. The molecule has 2 N–H and O–H groups in total. The average molecular weight is 278 g/mol. The van der Waals surface area contributed by atoms with Crippen molar-refractivity contribution in [3.05, 3.63) is 0 Å². The first-order valence-electron chi connectivity index (χ1n) is 9.26.